The number of carboxylic acids is 1. The standard InChI is InChI=1S/C35H37F5N4O4/c1-19(2)11-29(44-18-23(7-10-43-9-6-8-41-43)27(16-30(44)45)35(38,39)40)34(48)42-28(17-31(46)47)26-15-24(12-22(5)33(26)37)32-20(3)13-25(36)14-21(32)4/h6,8-9,12-16,18-19,28-29H,7,10-11,17H2,1-5H3,(H,42,48)(H,46,47)/t28-,29+/m0/s1. The Bertz CT molecular complexity index is 1840. The van der Waals surface area contributed by atoms with Crippen molar-refractivity contribution >= 4 is 11.9 Å². The van der Waals surface area contributed by atoms with Gasteiger partial charge in [-0.1, -0.05) is 13.8 Å². The third kappa shape index (κ3) is 8.36. The predicted molar refractivity (Wildman–Crippen MR) is 169 cm³/mol. The lowest BCUT2D eigenvalue weighted by Gasteiger charge is -2.27. The van der Waals surface area contributed by atoms with Gasteiger partial charge >= 0.3 is 12.1 Å². The summed E-state index contributed by atoms with van der Waals surface area (Å²) in [6.45, 7) is 8.41. The van der Waals surface area contributed by atoms with Crippen LogP contribution in [0.1, 0.15) is 72.2 Å². The van der Waals surface area contributed by atoms with E-state index in [9.17, 15) is 37.1 Å². The molecule has 2 aromatic carbocycles. The lowest BCUT2D eigenvalue weighted by atomic mass is 9.90. The molecule has 2 heterocycles. The number of carbonyl (C=O) groups is 2. The minimum atomic E-state index is -4.85. The number of hydrogen-bond acceptors (Lipinski definition) is 4. The van der Waals surface area contributed by atoms with Gasteiger partial charge in [-0.3, -0.25) is 19.1 Å². The molecule has 0 spiro atoms. The molecule has 0 saturated heterocycles. The Morgan fingerprint density at radius 2 is 1.67 bits per heavy atom. The molecule has 0 aliphatic carbocycles. The van der Waals surface area contributed by atoms with Crippen LogP contribution in [0.4, 0.5) is 22.0 Å². The molecule has 2 aromatic heterocycles. The minimum Gasteiger partial charge on any atom is -0.481 e. The van der Waals surface area contributed by atoms with Gasteiger partial charge in [0.25, 0.3) is 5.56 Å². The highest BCUT2D eigenvalue weighted by molar-refractivity contribution is 5.82. The van der Waals surface area contributed by atoms with Gasteiger partial charge in [0.05, 0.1) is 18.0 Å². The number of carboxylic acid groups (broad SMARTS) is 1. The van der Waals surface area contributed by atoms with E-state index in [2.05, 4.69) is 10.4 Å². The summed E-state index contributed by atoms with van der Waals surface area (Å²) in [6, 6.07) is 4.87. The molecule has 0 bridgehead atoms. The van der Waals surface area contributed by atoms with Crippen LogP contribution in [0.2, 0.25) is 0 Å². The number of benzene rings is 2. The van der Waals surface area contributed by atoms with Gasteiger partial charge in [-0.15, -0.1) is 0 Å². The van der Waals surface area contributed by atoms with Crippen molar-refractivity contribution in [2.75, 3.05) is 0 Å². The smallest absolute Gasteiger partial charge is 0.416 e. The van der Waals surface area contributed by atoms with E-state index in [0.717, 1.165) is 10.8 Å². The first-order valence-electron chi connectivity index (χ1n) is 15.3. The number of aryl methyl sites for hydroxylation is 5. The Kier molecular flexibility index (Phi) is 10.9. The van der Waals surface area contributed by atoms with Crippen molar-refractivity contribution in [2.45, 2.75) is 78.7 Å². The molecule has 8 nitrogen and oxygen atoms in total. The minimum absolute atomic E-state index is 0.00497. The maximum absolute atomic E-state index is 15.7. The molecule has 1 amide bonds. The van der Waals surface area contributed by atoms with E-state index >= 15 is 4.39 Å². The van der Waals surface area contributed by atoms with Gasteiger partial charge in [-0.2, -0.15) is 18.3 Å². The highest BCUT2D eigenvalue weighted by atomic mass is 19.4. The second-order valence-electron chi connectivity index (χ2n) is 12.4. The average Bonchev–Trinajstić information content (AvgIpc) is 3.49. The fraction of sp³-hybridized carbons (Fsp3) is 0.371. The molecule has 0 aliphatic rings. The second kappa shape index (κ2) is 14.5. The first-order chi connectivity index (χ1) is 22.5. The van der Waals surface area contributed by atoms with Gasteiger partial charge in [0.2, 0.25) is 5.91 Å². The summed E-state index contributed by atoms with van der Waals surface area (Å²) in [4.78, 5) is 39.2. The van der Waals surface area contributed by atoms with E-state index in [1.807, 2.05) is 0 Å². The number of nitrogens with zero attached hydrogens (tertiary/aromatic N) is 3. The third-order valence-electron chi connectivity index (χ3n) is 8.11. The summed E-state index contributed by atoms with van der Waals surface area (Å²) in [5.41, 5.74) is -0.241. The van der Waals surface area contributed by atoms with Crippen molar-refractivity contribution in [1.29, 1.82) is 0 Å². The SMILES string of the molecule is Cc1cc(-c2c(C)cc(F)cc2C)cc([C@H](CC(=O)O)NC(=O)[C@@H](CC(C)C)n2cc(CCn3cccn3)c(C(F)(F)F)cc2=O)c1F. The normalized spacial score (nSPS) is 13.1. The Morgan fingerprint density at radius 3 is 2.23 bits per heavy atom. The largest absolute Gasteiger partial charge is 0.481 e. The van der Waals surface area contributed by atoms with Crippen LogP contribution in [-0.2, 0) is 28.7 Å². The van der Waals surface area contributed by atoms with Crippen molar-refractivity contribution in [1.82, 2.24) is 19.7 Å². The third-order valence-corrected chi connectivity index (χ3v) is 8.11. The molecule has 2 atom stereocenters. The number of rotatable bonds is 12. The van der Waals surface area contributed by atoms with E-state index in [-0.39, 0.29) is 42.0 Å². The van der Waals surface area contributed by atoms with E-state index < -0.39 is 59.3 Å². The second-order valence-corrected chi connectivity index (χ2v) is 12.4. The molecule has 13 heteroatoms. The van der Waals surface area contributed by atoms with Crippen LogP contribution < -0.4 is 10.9 Å². The fourth-order valence-electron chi connectivity index (χ4n) is 6.00. The molecule has 4 rings (SSSR count). The predicted octanol–water partition coefficient (Wildman–Crippen LogP) is 7.10. The monoisotopic (exact) mass is 672 g/mol. The van der Waals surface area contributed by atoms with Gasteiger partial charge < -0.3 is 15.0 Å². The highest BCUT2D eigenvalue weighted by Crippen LogP contribution is 2.35. The van der Waals surface area contributed by atoms with Crippen molar-refractivity contribution < 1.29 is 36.6 Å². The van der Waals surface area contributed by atoms with Gasteiger partial charge in [0.1, 0.15) is 17.7 Å². The maximum atomic E-state index is 15.7. The number of nitrogens with one attached hydrogen (secondary N) is 1. The van der Waals surface area contributed by atoms with Gasteiger partial charge in [0.15, 0.2) is 0 Å². The topological polar surface area (TPSA) is 106 Å². The summed E-state index contributed by atoms with van der Waals surface area (Å²) < 4.78 is 74.2. The first-order valence-corrected chi connectivity index (χ1v) is 15.3. The van der Waals surface area contributed by atoms with Crippen LogP contribution >= 0.6 is 0 Å². The van der Waals surface area contributed by atoms with E-state index in [1.165, 1.54) is 36.0 Å². The van der Waals surface area contributed by atoms with Crippen molar-refractivity contribution in [2.24, 2.45) is 5.92 Å². The van der Waals surface area contributed by atoms with Crippen LogP contribution in [0, 0.1) is 38.3 Å². The van der Waals surface area contributed by atoms with Gasteiger partial charge in [-0.25, -0.2) is 8.78 Å². The molecule has 0 radical (unpaired) electrons. The summed E-state index contributed by atoms with van der Waals surface area (Å²) in [7, 11) is 0. The van der Waals surface area contributed by atoms with Crippen LogP contribution in [0.5, 0.6) is 0 Å². The quantitative estimate of drug-likeness (QED) is 0.156. The Labute approximate surface area is 274 Å². The Balaban J connectivity index is 1.79. The zero-order valence-corrected chi connectivity index (χ0v) is 27.2. The molecule has 4 aromatic rings. The molecule has 256 valence electrons. The molecular weight excluding hydrogens is 635 g/mol. The maximum Gasteiger partial charge on any atom is 0.416 e. The molecule has 2 N–H and O–H groups in total. The highest BCUT2D eigenvalue weighted by Gasteiger charge is 2.36. The Morgan fingerprint density at radius 1 is 1.00 bits per heavy atom. The number of pyridine rings is 1. The van der Waals surface area contributed by atoms with Crippen LogP contribution in [0.15, 0.2) is 59.8 Å². The van der Waals surface area contributed by atoms with Crippen LogP contribution in [-0.4, -0.2) is 31.3 Å². The fourth-order valence-corrected chi connectivity index (χ4v) is 6.00. The van der Waals surface area contributed by atoms with Gasteiger partial charge in [0, 0.05) is 36.8 Å². The van der Waals surface area contributed by atoms with Crippen molar-refractivity contribution in [3.05, 3.63) is 110 Å². The molecule has 0 fully saturated rings. The number of aliphatic carboxylic acids is 1. The van der Waals surface area contributed by atoms with Crippen LogP contribution in [0.3, 0.4) is 0 Å². The number of hydrogen-bond donors (Lipinski definition) is 2. The number of aromatic nitrogens is 3. The molecular formula is C35H37F5N4O4. The summed E-state index contributed by atoms with van der Waals surface area (Å²) in [5, 5.41) is 16.4. The van der Waals surface area contributed by atoms with Crippen molar-refractivity contribution in [3.63, 3.8) is 0 Å². The molecule has 48 heavy (non-hydrogen) atoms. The average molecular weight is 673 g/mol. The van der Waals surface area contributed by atoms with Gasteiger partial charge in [-0.05, 0) is 103 Å². The van der Waals surface area contributed by atoms with E-state index in [1.54, 1.807) is 46.0 Å². The number of alkyl halides is 3. The molecule has 0 aliphatic heterocycles. The van der Waals surface area contributed by atoms with Crippen LogP contribution in [0.25, 0.3) is 11.1 Å². The lowest BCUT2D eigenvalue weighted by Crippen LogP contribution is -2.41. The zero-order chi connectivity index (χ0) is 35.5. The zero-order valence-electron chi connectivity index (χ0n) is 27.2. The van der Waals surface area contributed by atoms with E-state index in [4.69, 9.17) is 0 Å². The summed E-state index contributed by atoms with van der Waals surface area (Å²) in [5.74, 6) is -3.68. The van der Waals surface area contributed by atoms with Crippen molar-refractivity contribution in [3.8, 4) is 11.1 Å². The summed E-state index contributed by atoms with van der Waals surface area (Å²) >= 11 is 0. The number of amides is 1. The molecule has 0 saturated carbocycles. The number of halogens is 5. The summed E-state index contributed by atoms with van der Waals surface area (Å²) in [6.07, 6.45) is -1.67. The van der Waals surface area contributed by atoms with E-state index in [0.29, 0.717) is 28.3 Å². The Hall–Kier alpha value is -4.81. The number of carbonyl (C=O) groups excluding carboxylic acids is 1. The molecule has 0 unspecified atom stereocenters. The lowest BCUT2D eigenvalue weighted by molar-refractivity contribution is -0.139. The first kappa shape index (κ1) is 36.0.